The molecule has 0 fully saturated rings. The van der Waals surface area contributed by atoms with Crippen LogP contribution in [0.4, 0.5) is 0 Å². The number of hydrogen-bond donors (Lipinski definition) is 3. The van der Waals surface area contributed by atoms with Crippen LogP contribution in [0.15, 0.2) is 18.2 Å². The highest BCUT2D eigenvalue weighted by Crippen LogP contribution is 2.18. The van der Waals surface area contributed by atoms with Gasteiger partial charge in [0.2, 0.25) is 0 Å². The third-order valence-electron chi connectivity index (χ3n) is 1.53. The van der Waals surface area contributed by atoms with Gasteiger partial charge < -0.3 is 15.9 Å². The number of rotatable bonds is 2. The van der Waals surface area contributed by atoms with Gasteiger partial charge in [-0.15, -0.1) is 0 Å². The number of phenols is 1. The molecular weight excluding hydrogens is 158 g/mol. The molecule has 64 valence electrons. The van der Waals surface area contributed by atoms with E-state index in [9.17, 15) is 4.79 Å². The van der Waals surface area contributed by atoms with Crippen molar-refractivity contribution in [3.05, 3.63) is 29.3 Å². The summed E-state index contributed by atoms with van der Waals surface area (Å²) in [5.74, 6) is -1.39. The lowest BCUT2D eigenvalue weighted by molar-refractivity contribution is 0.0693. The van der Waals surface area contributed by atoms with Crippen molar-refractivity contribution in [2.24, 2.45) is 5.73 Å². The first kappa shape index (κ1) is 8.55. The first-order chi connectivity index (χ1) is 5.65. The molecule has 12 heavy (non-hydrogen) atoms. The average Bonchev–Trinajstić information content (AvgIpc) is 2.03. The molecule has 4 heteroatoms. The molecule has 0 aliphatic heterocycles. The number of aromatic hydroxyl groups is 1. The number of carbonyl (C=O) groups is 1. The van der Waals surface area contributed by atoms with E-state index in [1.807, 2.05) is 0 Å². The summed E-state index contributed by atoms with van der Waals surface area (Å²) < 4.78 is 0. The predicted octanol–water partition coefficient (Wildman–Crippen LogP) is 0.549. The minimum atomic E-state index is -1.14. The molecule has 4 nitrogen and oxygen atoms in total. The van der Waals surface area contributed by atoms with Crippen molar-refractivity contribution < 1.29 is 15.0 Å². The maximum absolute atomic E-state index is 10.4. The van der Waals surface area contributed by atoms with Gasteiger partial charge in [-0.05, 0) is 17.7 Å². The van der Waals surface area contributed by atoms with Gasteiger partial charge in [0.25, 0.3) is 0 Å². The molecule has 0 unspecified atom stereocenters. The third-order valence-corrected chi connectivity index (χ3v) is 1.53. The van der Waals surface area contributed by atoms with E-state index < -0.39 is 5.97 Å². The van der Waals surface area contributed by atoms with Gasteiger partial charge in [-0.2, -0.15) is 0 Å². The molecule has 0 bridgehead atoms. The van der Waals surface area contributed by atoms with E-state index in [0.717, 1.165) is 0 Å². The van der Waals surface area contributed by atoms with Gasteiger partial charge in [0.15, 0.2) is 0 Å². The summed E-state index contributed by atoms with van der Waals surface area (Å²) in [6, 6.07) is 4.26. The van der Waals surface area contributed by atoms with Gasteiger partial charge in [0, 0.05) is 6.54 Å². The molecule has 0 aliphatic carbocycles. The van der Waals surface area contributed by atoms with Gasteiger partial charge in [-0.1, -0.05) is 6.07 Å². The summed E-state index contributed by atoms with van der Waals surface area (Å²) in [5, 5.41) is 17.7. The molecule has 0 atom stereocenters. The van der Waals surface area contributed by atoms with Crippen LogP contribution in [0.3, 0.4) is 0 Å². The highest BCUT2D eigenvalue weighted by Gasteiger charge is 2.08. The lowest BCUT2D eigenvalue weighted by Crippen LogP contribution is -2.00. The molecule has 4 N–H and O–H groups in total. The average molecular weight is 167 g/mol. The number of hydrogen-bond acceptors (Lipinski definition) is 3. The summed E-state index contributed by atoms with van der Waals surface area (Å²) in [7, 11) is 0. The van der Waals surface area contributed by atoms with Gasteiger partial charge in [0.1, 0.15) is 11.3 Å². The van der Waals surface area contributed by atoms with Crippen LogP contribution in [0.2, 0.25) is 0 Å². The predicted molar refractivity (Wildman–Crippen MR) is 43.0 cm³/mol. The number of carboxylic acids is 1. The highest BCUT2D eigenvalue weighted by molar-refractivity contribution is 5.90. The monoisotopic (exact) mass is 167 g/mol. The van der Waals surface area contributed by atoms with E-state index >= 15 is 0 Å². The lowest BCUT2D eigenvalue weighted by atomic mass is 10.1. The van der Waals surface area contributed by atoms with Crippen molar-refractivity contribution in [1.82, 2.24) is 0 Å². The van der Waals surface area contributed by atoms with Crippen LogP contribution in [0.5, 0.6) is 5.75 Å². The molecule has 0 amide bonds. The van der Waals surface area contributed by atoms with Crippen LogP contribution in [0.25, 0.3) is 0 Å². The SMILES string of the molecule is NCc1ccc(C(=O)O)c(O)c1. The normalized spacial score (nSPS) is 9.75. The maximum atomic E-state index is 10.4. The molecule has 0 spiro atoms. The van der Waals surface area contributed by atoms with E-state index in [-0.39, 0.29) is 17.9 Å². The Bertz CT molecular complexity index is 309. The molecule has 0 saturated carbocycles. The Balaban J connectivity index is 3.12. The van der Waals surface area contributed by atoms with Crippen molar-refractivity contribution in [2.45, 2.75) is 6.54 Å². The molecule has 1 rings (SSSR count). The largest absolute Gasteiger partial charge is 0.507 e. The van der Waals surface area contributed by atoms with Crippen LogP contribution in [-0.2, 0) is 6.54 Å². The second-order valence-electron chi connectivity index (χ2n) is 2.36. The molecule has 0 radical (unpaired) electrons. The van der Waals surface area contributed by atoms with Crippen molar-refractivity contribution in [1.29, 1.82) is 0 Å². The van der Waals surface area contributed by atoms with Crippen molar-refractivity contribution in [2.75, 3.05) is 0 Å². The Morgan fingerprint density at radius 3 is 2.58 bits per heavy atom. The van der Waals surface area contributed by atoms with E-state index in [2.05, 4.69) is 0 Å². The zero-order chi connectivity index (χ0) is 9.14. The summed E-state index contributed by atoms with van der Waals surface area (Å²) in [4.78, 5) is 10.4. The minimum Gasteiger partial charge on any atom is -0.507 e. The van der Waals surface area contributed by atoms with Crippen LogP contribution in [0.1, 0.15) is 15.9 Å². The van der Waals surface area contributed by atoms with Crippen LogP contribution < -0.4 is 5.73 Å². The summed E-state index contributed by atoms with van der Waals surface area (Å²) in [6.07, 6.45) is 0. The number of aromatic carboxylic acids is 1. The van der Waals surface area contributed by atoms with Crippen LogP contribution in [0, 0.1) is 0 Å². The molecule has 0 aromatic heterocycles. The lowest BCUT2D eigenvalue weighted by Gasteiger charge is -2.01. The molecular formula is C8H9NO3. The molecule has 1 aromatic carbocycles. The first-order valence-corrected chi connectivity index (χ1v) is 3.40. The van der Waals surface area contributed by atoms with Crippen LogP contribution in [-0.4, -0.2) is 16.2 Å². The number of carboxylic acid groups (broad SMARTS) is 1. The Hall–Kier alpha value is -1.55. The highest BCUT2D eigenvalue weighted by atomic mass is 16.4. The Kier molecular flexibility index (Phi) is 2.30. The molecule has 0 saturated heterocycles. The standard InChI is InChI=1S/C8H9NO3/c9-4-5-1-2-6(8(11)12)7(10)3-5/h1-3,10H,4,9H2,(H,11,12). The number of benzene rings is 1. The minimum absolute atomic E-state index is 0.104. The fourth-order valence-corrected chi connectivity index (χ4v) is 0.885. The van der Waals surface area contributed by atoms with E-state index in [1.165, 1.54) is 12.1 Å². The fourth-order valence-electron chi connectivity index (χ4n) is 0.885. The van der Waals surface area contributed by atoms with Gasteiger partial charge >= 0.3 is 5.97 Å². The Morgan fingerprint density at radius 2 is 2.17 bits per heavy atom. The zero-order valence-corrected chi connectivity index (χ0v) is 6.32. The topological polar surface area (TPSA) is 83.6 Å². The van der Waals surface area contributed by atoms with E-state index in [4.69, 9.17) is 15.9 Å². The van der Waals surface area contributed by atoms with E-state index in [0.29, 0.717) is 5.56 Å². The quantitative estimate of drug-likeness (QED) is 0.600. The second-order valence-corrected chi connectivity index (χ2v) is 2.36. The first-order valence-electron chi connectivity index (χ1n) is 3.40. The Labute approximate surface area is 69.3 Å². The van der Waals surface area contributed by atoms with E-state index in [1.54, 1.807) is 6.07 Å². The summed E-state index contributed by atoms with van der Waals surface area (Å²) in [5.41, 5.74) is 5.89. The molecule has 0 heterocycles. The van der Waals surface area contributed by atoms with Crippen molar-refractivity contribution in [3.8, 4) is 5.75 Å². The summed E-state index contributed by atoms with van der Waals surface area (Å²) in [6.45, 7) is 0.285. The maximum Gasteiger partial charge on any atom is 0.339 e. The van der Waals surface area contributed by atoms with Crippen molar-refractivity contribution in [3.63, 3.8) is 0 Å². The Morgan fingerprint density at radius 1 is 1.50 bits per heavy atom. The van der Waals surface area contributed by atoms with Gasteiger partial charge in [-0.3, -0.25) is 0 Å². The zero-order valence-electron chi connectivity index (χ0n) is 6.32. The number of nitrogens with two attached hydrogens (primary N) is 1. The van der Waals surface area contributed by atoms with Crippen molar-refractivity contribution >= 4 is 5.97 Å². The second kappa shape index (κ2) is 3.23. The van der Waals surface area contributed by atoms with Crippen LogP contribution >= 0.6 is 0 Å². The molecule has 0 aliphatic rings. The smallest absolute Gasteiger partial charge is 0.339 e. The third kappa shape index (κ3) is 1.54. The fraction of sp³-hybridized carbons (Fsp3) is 0.125. The van der Waals surface area contributed by atoms with Gasteiger partial charge in [0.05, 0.1) is 0 Å². The molecule has 1 aromatic rings. The summed E-state index contributed by atoms with van der Waals surface area (Å²) >= 11 is 0. The van der Waals surface area contributed by atoms with Gasteiger partial charge in [-0.25, -0.2) is 4.79 Å².